The molecule has 2 heteroatoms. The molecule has 13 heavy (non-hydrogen) atoms. The standard InChI is InChI=1S/C11H13NO/c1-3-8-4-9-6-12-7-10(9)5-11(8)13-2/h3-5,12H,1,6-7H2,2H3. The van der Waals surface area contributed by atoms with Crippen LogP contribution in [0.1, 0.15) is 16.7 Å². The van der Waals surface area contributed by atoms with Gasteiger partial charge in [0.25, 0.3) is 0 Å². The van der Waals surface area contributed by atoms with Gasteiger partial charge in [0, 0.05) is 18.7 Å². The Labute approximate surface area is 78.2 Å². The van der Waals surface area contributed by atoms with Gasteiger partial charge in [-0.2, -0.15) is 0 Å². The maximum Gasteiger partial charge on any atom is 0.126 e. The Kier molecular flexibility index (Phi) is 2.07. The fourth-order valence-corrected chi connectivity index (χ4v) is 1.68. The zero-order chi connectivity index (χ0) is 9.26. The number of hydrogen-bond donors (Lipinski definition) is 1. The van der Waals surface area contributed by atoms with E-state index in [2.05, 4.69) is 24.0 Å². The monoisotopic (exact) mass is 175 g/mol. The molecule has 0 atom stereocenters. The second-order valence-electron chi connectivity index (χ2n) is 3.17. The molecule has 0 amide bonds. The molecule has 1 aromatic rings. The van der Waals surface area contributed by atoms with Crippen LogP contribution in [0.25, 0.3) is 6.08 Å². The fourth-order valence-electron chi connectivity index (χ4n) is 1.68. The Morgan fingerprint density at radius 3 is 2.69 bits per heavy atom. The summed E-state index contributed by atoms with van der Waals surface area (Å²) in [6, 6.07) is 4.23. The van der Waals surface area contributed by atoms with E-state index in [0.717, 1.165) is 24.4 Å². The van der Waals surface area contributed by atoms with E-state index in [0.29, 0.717) is 0 Å². The van der Waals surface area contributed by atoms with E-state index >= 15 is 0 Å². The van der Waals surface area contributed by atoms with Crippen LogP contribution in [0.4, 0.5) is 0 Å². The Morgan fingerprint density at radius 2 is 2.08 bits per heavy atom. The van der Waals surface area contributed by atoms with Crippen LogP contribution < -0.4 is 10.1 Å². The third kappa shape index (κ3) is 1.33. The van der Waals surface area contributed by atoms with Crippen LogP contribution in [0, 0.1) is 0 Å². The summed E-state index contributed by atoms with van der Waals surface area (Å²) in [7, 11) is 1.69. The maximum atomic E-state index is 5.26. The summed E-state index contributed by atoms with van der Waals surface area (Å²) in [4.78, 5) is 0. The summed E-state index contributed by atoms with van der Waals surface area (Å²) >= 11 is 0. The topological polar surface area (TPSA) is 21.3 Å². The summed E-state index contributed by atoms with van der Waals surface area (Å²) in [6.07, 6.45) is 1.83. The van der Waals surface area contributed by atoms with Crippen molar-refractivity contribution < 1.29 is 4.74 Å². The quantitative estimate of drug-likeness (QED) is 0.741. The molecule has 0 spiro atoms. The van der Waals surface area contributed by atoms with Gasteiger partial charge in [-0.25, -0.2) is 0 Å². The van der Waals surface area contributed by atoms with E-state index in [9.17, 15) is 0 Å². The lowest BCUT2D eigenvalue weighted by atomic mass is 10.1. The highest BCUT2D eigenvalue weighted by Crippen LogP contribution is 2.27. The second kappa shape index (κ2) is 3.23. The minimum Gasteiger partial charge on any atom is -0.496 e. The van der Waals surface area contributed by atoms with Gasteiger partial charge in [-0.05, 0) is 23.3 Å². The normalized spacial score (nSPS) is 13.9. The minimum absolute atomic E-state index is 0.914. The predicted octanol–water partition coefficient (Wildman–Crippen LogP) is 1.94. The van der Waals surface area contributed by atoms with Crippen LogP contribution in [-0.2, 0) is 13.1 Å². The first kappa shape index (κ1) is 8.32. The lowest BCUT2D eigenvalue weighted by Crippen LogP contribution is -1.99. The van der Waals surface area contributed by atoms with Crippen LogP contribution in [0.15, 0.2) is 18.7 Å². The van der Waals surface area contributed by atoms with Crippen molar-refractivity contribution in [2.75, 3.05) is 7.11 Å². The van der Waals surface area contributed by atoms with E-state index in [4.69, 9.17) is 4.74 Å². The number of benzene rings is 1. The Bertz CT molecular complexity index is 344. The molecule has 0 unspecified atom stereocenters. The van der Waals surface area contributed by atoms with Gasteiger partial charge in [0.15, 0.2) is 0 Å². The average Bonchev–Trinajstić information content (AvgIpc) is 2.62. The SMILES string of the molecule is C=Cc1cc2c(cc1OC)CNC2. The molecule has 0 radical (unpaired) electrons. The zero-order valence-corrected chi connectivity index (χ0v) is 7.76. The Hall–Kier alpha value is -1.28. The minimum atomic E-state index is 0.914. The number of rotatable bonds is 2. The van der Waals surface area contributed by atoms with Gasteiger partial charge in [0.05, 0.1) is 7.11 Å². The molecule has 1 N–H and O–H groups in total. The van der Waals surface area contributed by atoms with Crippen molar-refractivity contribution in [1.29, 1.82) is 0 Å². The number of ether oxygens (including phenoxy) is 1. The third-order valence-corrected chi connectivity index (χ3v) is 2.40. The van der Waals surface area contributed by atoms with E-state index in [1.165, 1.54) is 11.1 Å². The predicted molar refractivity (Wildman–Crippen MR) is 53.6 cm³/mol. The first-order valence-electron chi connectivity index (χ1n) is 4.38. The van der Waals surface area contributed by atoms with E-state index in [1.807, 2.05) is 6.08 Å². The van der Waals surface area contributed by atoms with Crippen LogP contribution in [-0.4, -0.2) is 7.11 Å². The molecule has 1 aliphatic rings. The van der Waals surface area contributed by atoms with Crippen molar-refractivity contribution >= 4 is 6.08 Å². The lowest BCUT2D eigenvalue weighted by molar-refractivity contribution is 0.413. The van der Waals surface area contributed by atoms with Crippen molar-refractivity contribution in [2.24, 2.45) is 0 Å². The maximum absolute atomic E-state index is 5.26. The number of fused-ring (bicyclic) bond motifs is 1. The Morgan fingerprint density at radius 1 is 1.38 bits per heavy atom. The second-order valence-corrected chi connectivity index (χ2v) is 3.17. The number of hydrogen-bond acceptors (Lipinski definition) is 2. The molecule has 0 saturated heterocycles. The summed E-state index contributed by atoms with van der Waals surface area (Å²) < 4.78 is 5.26. The molecule has 2 nitrogen and oxygen atoms in total. The summed E-state index contributed by atoms with van der Waals surface area (Å²) in [5.74, 6) is 0.914. The van der Waals surface area contributed by atoms with Gasteiger partial charge in [0.1, 0.15) is 5.75 Å². The van der Waals surface area contributed by atoms with Gasteiger partial charge >= 0.3 is 0 Å². The molecule has 0 aromatic heterocycles. The van der Waals surface area contributed by atoms with Crippen LogP contribution in [0.5, 0.6) is 5.75 Å². The molecule has 2 rings (SSSR count). The van der Waals surface area contributed by atoms with Crippen molar-refractivity contribution in [3.8, 4) is 5.75 Å². The molecular formula is C11H13NO. The molecule has 68 valence electrons. The summed E-state index contributed by atoms with van der Waals surface area (Å²) in [5.41, 5.74) is 3.77. The van der Waals surface area contributed by atoms with Gasteiger partial charge in [-0.3, -0.25) is 0 Å². The largest absolute Gasteiger partial charge is 0.496 e. The van der Waals surface area contributed by atoms with Crippen molar-refractivity contribution in [3.63, 3.8) is 0 Å². The highest BCUT2D eigenvalue weighted by atomic mass is 16.5. The van der Waals surface area contributed by atoms with Crippen LogP contribution in [0.3, 0.4) is 0 Å². The molecule has 0 aliphatic carbocycles. The first-order chi connectivity index (χ1) is 6.35. The van der Waals surface area contributed by atoms with Crippen molar-refractivity contribution in [3.05, 3.63) is 35.4 Å². The molecule has 0 saturated carbocycles. The molecule has 1 aromatic carbocycles. The number of nitrogens with one attached hydrogen (secondary N) is 1. The molecule has 0 fully saturated rings. The van der Waals surface area contributed by atoms with Gasteiger partial charge in [-0.1, -0.05) is 12.7 Å². The fraction of sp³-hybridized carbons (Fsp3) is 0.273. The summed E-state index contributed by atoms with van der Waals surface area (Å²) in [6.45, 7) is 5.67. The molecule has 1 aliphatic heterocycles. The highest BCUT2D eigenvalue weighted by molar-refractivity contribution is 5.59. The zero-order valence-electron chi connectivity index (χ0n) is 7.76. The van der Waals surface area contributed by atoms with Crippen LogP contribution >= 0.6 is 0 Å². The van der Waals surface area contributed by atoms with Gasteiger partial charge in [-0.15, -0.1) is 0 Å². The van der Waals surface area contributed by atoms with E-state index in [1.54, 1.807) is 7.11 Å². The van der Waals surface area contributed by atoms with Crippen molar-refractivity contribution in [2.45, 2.75) is 13.1 Å². The van der Waals surface area contributed by atoms with E-state index in [-0.39, 0.29) is 0 Å². The van der Waals surface area contributed by atoms with Gasteiger partial charge in [0.2, 0.25) is 0 Å². The lowest BCUT2D eigenvalue weighted by Gasteiger charge is -2.07. The number of methoxy groups -OCH3 is 1. The smallest absolute Gasteiger partial charge is 0.126 e. The third-order valence-electron chi connectivity index (χ3n) is 2.40. The van der Waals surface area contributed by atoms with E-state index < -0.39 is 0 Å². The first-order valence-corrected chi connectivity index (χ1v) is 4.38. The van der Waals surface area contributed by atoms with Crippen LogP contribution in [0.2, 0.25) is 0 Å². The molecule has 1 heterocycles. The highest BCUT2D eigenvalue weighted by Gasteiger charge is 2.12. The average molecular weight is 175 g/mol. The molecular weight excluding hydrogens is 162 g/mol. The van der Waals surface area contributed by atoms with Crippen molar-refractivity contribution in [1.82, 2.24) is 5.32 Å². The summed E-state index contributed by atoms with van der Waals surface area (Å²) in [5, 5.41) is 3.30. The molecule has 0 bridgehead atoms. The Balaban J connectivity index is 2.53. The van der Waals surface area contributed by atoms with Gasteiger partial charge < -0.3 is 10.1 Å².